The molecule has 108 valence electrons. The van der Waals surface area contributed by atoms with E-state index < -0.39 is 10.1 Å². The van der Waals surface area contributed by atoms with Gasteiger partial charge in [0.15, 0.2) is 0 Å². The second-order valence-electron chi connectivity index (χ2n) is 4.86. The molecule has 0 amide bonds. The highest BCUT2D eigenvalue weighted by molar-refractivity contribution is 7.85. The van der Waals surface area contributed by atoms with Gasteiger partial charge in [-0.3, -0.25) is 4.18 Å². The van der Waals surface area contributed by atoms with Gasteiger partial charge >= 0.3 is 0 Å². The van der Waals surface area contributed by atoms with Crippen LogP contribution in [0, 0.1) is 12.8 Å². The molecular formula is C13H21NO4S. The van der Waals surface area contributed by atoms with Gasteiger partial charge in [-0.05, 0) is 25.3 Å². The molecule has 1 aromatic rings. The molecule has 1 aromatic heterocycles. The predicted octanol–water partition coefficient (Wildman–Crippen LogP) is 2.56. The van der Waals surface area contributed by atoms with Gasteiger partial charge < -0.3 is 4.42 Å². The number of aromatic nitrogens is 1. The highest BCUT2D eigenvalue weighted by Crippen LogP contribution is 2.13. The second kappa shape index (κ2) is 6.86. The van der Waals surface area contributed by atoms with Gasteiger partial charge in [0.2, 0.25) is 5.89 Å². The first-order chi connectivity index (χ1) is 8.78. The van der Waals surface area contributed by atoms with Crippen molar-refractivity contribution >= 4 is 16.2 Å². The van der Waals surface area contributed by atoms with Crippen molar-refractivity contribution in [1.29, 1.82) is 0 Å². The molecule has 0 fully saturated rings. The average molecular weight is 287 g/mol. The molecule has 19 heavy (non-hydrogen) atoms. The van der Waals surface area contributed by atoms with Crippen molar-refractivity contribution in [2.45, 2.75) is 33.6 Å². The average Bonchev–Trinajstić information content (AvgIpc) is 2.57. The minimum Gasteiger partial charge on any atom is -0.442 e. The lowest BCUT2D eigenvalue weighted by Crippen LogP contribution is -2.06. The first-order valence-electron chi connectivity index (χ1n) is 6.25. The predicted molar refractivity (Wildman–Crippen MR) is 74.2 cm³/mol. The molecule has 0 aliphatic rings. The molecule has 0 N–H and O–H groups in total. The maximum atomic E-state index is 10.8. The summed E-state index contributed by atoms with van der Waals surface area (Å²) in [5.74, 6) is 1.84. The molecule has 0 unspecified atom stereocenters. The van der Waals surface area contributed by atoms with Crippen molar-refractivity contribution < 1.29 is 17.0 Å². The molecule has 0 atom stereocenters. The first-order valence-corrected chi connectivity index (χ1v) is 8.07. The fourth-order valence-corrected chi connectivity index (χ4v) is 1.87. The van der Waals surface area contributed by atoms with Crippen molar-refractivity contribution in [2.24, 2.45) is 5.92 Å². The summed E-state index contributed by atoms with van der Waals surface area (Å²) in [6, 6.07) is 0. The molecule has 6 heteroatoms. The van der Waals surface area contributed by atoms with Gasteiger partial charge in [-0.1, -0.05) is 19.9 Å². The molecule has 0 aromatic carbocycles. The number of nitrogens with zero attached hydrogens (tertiary/aromatic N) is 1. The highest BCUT2D eigenvalue weighted by atomic mass is 32.2. The Hall–Kier alpha value is -1.14. The molecule has 1 heterocycles. The highest BCUT2D eigenvalue weighted by Gasteiger charge is 2.09. The van der Waals surface area contributed by atoms with Crippen molar-refractivity contribution in [2.75, 3.05) is 12.9 Å². The van der Waals surface area contributed by atoms with Crippen LogP contribution >= 0.6 is 0 Å². The van der Waals surface area contributed by atoms with E-state index in [9.17, 15) is 8.42 Å². The van der Waals surface area contributed by atoms with Gasteiger partial charge in [0.1, 0.15) is 5.76 Å². The summed E-state index contributed by atoms with van der Waals surface area (Å²) in [5, 5.41) is 0. The Balaban J connectivity index is 2.56. The van der Waals surface area contributed by atoms with Crippen LogP contribution in [0.1, 0.15) is 37.6 Å². The smallest absolute Gasteiger partial charge is 0.264 e. The van der Waals surface area contributed by atoms with Crippen LogP contribution in [-0.4, -0.2) is 26.3 Å². The third-order valence-electron chi connectivity index (χ3n) is 2.41. The third-order valence-corrected chi connectivity index (χ3v) is 3.01. The molecule has 0 bridgehead atoms. The van der Waals surface area contributed by atoms with Crippen LogP contribution in [0.2, 0.25) is 0 Å². The molecule has 0 saturated carbocycles. The lowest BCUT2D eigenvalue weighted by molar-refractivity contribution is 0.324. The van der Waals surface area contributed by atoms with E-state index in [0.717, 1.165) is 18.4 Å². The zero-order valence-electron chi connectivity index (χ0n) is 11.8. The first kappa shape index (κ1) is 15.9. The van der Waals surface area contributed by atoms with Crippen LogP contribution < -0.4 is 0 Å². The van der Waals surface area contributed by atoms with E-state index in [1.54, 1.807) is 0 Å². The van der Waals surface area contributed by atoms with Crippen LogP contribution in [0.5, 0.6) is 0 Å². The Morgan fingerprint density at radius 2 is 2.11 bits per heavy atom. The Morgan fingerprint density at radius 3 is 2.68 bits per heavy atom. The normalized spacial score (nSPS) is 12.7. The van der Waals surface area contributed by atoms with Crippen molar-refractivity contribution in [1.82, 2.24) is 4.98 Å². The molecule has 5 nitrogen and oxygen atoms in total. The zero-order valence-corrected chi connectivity index (χ0v) is 12.7. The van der Waals surface area contributed by atoms with Crippen LogP contribution in [0.3, 0.4) is 0 Å². The Kier molecular flexibility index (Phi) is 5.75. The summed E-state index contributed by atoms with van der Waals surface area (Å²) in [7, 11) is -3.40. The van der Waals surface area contributed by atoms with E-state index >= 15 is 0 Å². The summed E-state index contributed by atoms with van der Waals surface area (Å²) in [4.78, 5) is 4.30. The fourth-order valence-electron chi connectivity index (χ4n) is 1.48. The molecule has 0 aliphatic heterocycles. The molecular weight excluding hydrogens is 266 g/mol. The third kappa shape index (κ3) is 6.54. The number of aryl methyl sites for hydroxylation is 1. The zero-order chi connectivity index (χ0) is 14.5. The second-order valence-corrected chi connectivity index (χ2v) is 6.51. The minimum atomic E-state index is -3.40. The van der Waals surface area contributed by atoms with Gasteiger partial charge in [0.05, 0.1) is 18.6 Å². The van der Waals surface area contributed by atoms with Crippen LogP contribution in [0.25, 0.3) is 6.08 Å². The standard InChI is InChI=1S/C13H21NO4S/c1-10(2)6-5-7-13-14-12(11(3)18-13)8-9-17-19(4,15)16/h5,7,10H,6,8-9H2,1-4H3. The van der Waals surface area contributed by atoms with Crippen LogP contribution in [0.15, 0.2) is 10.5 Å². The van der Waals surface area contributed by atoms with Gasteiger partial charge in [0.25, 0.3) is 10.1 Å². The van der Waals surface area contributed by atoms with Gasteiger partial charge in [0, 0.05) is 6.42 Å². The summed E-state index contributed by atoms with van der Waals surface area (Å²) in [5.41, 5.74) is 0.729. The van der Waals surface area contributed by atoms with Gasteiger partial charge in [-0.15, -0.1) is 0 Å². The summed E-state index contributed by atoms with van der Waals surface area (Å²) in [6.45, 7) is 6.17. The number of hydrogen-bond donors (Lipinski definition) is 0. The van der Waals surface area contributed by atoms with Crippen molar-refractivity contribution in [3.05, 3.63) is 23.4 Å². The van der Waals surface area contributed by atoms with E-state index in [0.29, 0.717) is 24.0 Å². The quantitative estimate of drug-likeness (QED) is 0.721. The summed E-state index contributed by atoms with van der Waals surface area (Å²) >= 11 is 0. The number of hydrogen-bond acceptors (Lipinski definition) is 5. The van der Waals surface area contributed by atoms with E-state index in [2.05, 4.69) is 23.0 Å². The maximum absolute atomic E-state index is 10.8. The van der Waals surface area contributed by atoms with E-state index in [1.807, 2.05) is 19.1 Å². The van der Waals surface area contributed by atoms with E-state index in [-0.39, 0.29) is 6.61 Å². The lowest BCUT2D eigenvalue weighted by atomic mass is 10.1. The SMILES string of the molecule is Cc1oc(C=CCC(C)C)nc1CCOS(C)(=O)=O. The molecule has 0 radical (unpaired) electrons. The Morgan fingerprint density at radius 1 is 1.42 bits per heavy atom. The van der Waals surface area contributed by atoms with E-state index in [1.165, 1.54) is 0 Å². The van der Waals surface area contributed by atoms with Crippen LogP contribution in [0.4, 0.5) is 0 Å². The molecule has 0 aliphatic carbocycles. The van der Waals surface area contributed by atoms with Crippen molar-refractivity contribution in [3.8, 4) is 0 Å². The molecule has 0 spiro atoms. The molecule has 1 rings (SSSR count). The Bertz CT molecular complexity index is 529. The fraction of sp³-hybridized carbons (Fsp3) is 0.615. The number of allylic oxidation sites excluding steroid dienone is 1. The van der Waals surface area contributed by atoms with E-state index in [4.69, 9.17) is 4.42 Å². The summed E-state index contributed by atoms with van der Waals surface area (Å²) < 4.78 is 31.8. The van der Waals surface area contributed by atoms with Gasteiger partial charge in [-0.25, -0.2) is 4.98 Å². The summed E-state index contributed by atoms with van der Waals surface area (Å²) in [6.07, 6.45) is 6.28. The van der Waals surface area contributed by atoms with Crippen LogP contribution in [-0.2, 0) is 20.7 Å². The minimum absolute atomic E-state index is 0.0847. The maximum Gasteiger partial charge on any atom is 0.264 e. The van der Waals surface area contributed by atoms with Crippen molar-refractivity contribution in [3.63, 3.8) is 0 Å². The lowest BCUT2D eigenvalue weighted by Gasteiger charge is -1.98. The largest absolute Gasteiger partial charge is 0.442 e. The Labute approximate surface area is 114 Å². The monoisotopic (exact) mass is 287 g/mol. The molecule has 0 saturated heterocycles. The topological polar surface area (TPSA) is 69.4 Å². The number of rotatable bonds is 7. The van der Waals surface area contributed by atoms with Gasteiger partial charge in [-0.2, -0.15) is 8.42 Å². The number of oxazole rings is 1.